The number of hydrogen-bond donors (Lipinski definition) is 1. The van der Waals surface area contributed by atoms with Crippen LogP contribution in [0, 0.1) is 0 Å². The fourth-order valence-electron chi connectivity index (χ4n) is 4.25. The molecule has 10 heteroatoms. The van der Waals surface area contributed by atoms with Gasteiger partial charge in [-0.3, -0.25) is 9.59 Å². The third-order valence-electron chi connectivity index (χ3n) is 5.97. The van der Waals surface area contributed by atoms with Crippen LogP contribution in [0.1, 0.15) is 50.0 Å². The molecule has 0 atom stereocenters. The number of hydrogen-bond acceptors (Lipinski definition) is 6. The van der Waals surface area contributed by atoms with E-state index in [0.717, 1.165) is 19.3 Å². The number of piperidine rings is 1. The summed E-state index contributed by atoms with van der Waals surface area (Å²) >= 11 is 0. The number of aryl methyl sites for hydroxylation is 1. The lowest BCUT2D eigenvalue weighted by Gasteiger charge is -2.26. The Labute approximate surface area is 204 Å². The molecule has 1 N–H and O–H groups in total. The molecular weight excluding hydrogens is 468 g/mol. The number of rotatable bonds is 8. The molecular formula is C25H30N4O5S. The summed E-state index contributed by atoms with van der Waals surface area (Å²) in [6.07, 6.45) is 3.34. The summed E-state index contributed by atoms with van der Waals surface area (Å²) in [5.74, 6) is -0.204. The van der Waals surface area contributed by atoms with Crippen molar-refractivity contribution in [2.75, 3.05) is 25.0 Å². The predicted octanol–water partition coefficient (Wildman–Crippen LogP) is 3.63. The number of carbonyl (C=O) groups is 1. The molecule has 0 bridgehead atoms. The van der Waals surface area contributed by atoms with Gasteiger partial charge in [0.05, 0.1) is 22.6 Å². The van der Waals surface area contributed by atoms with E-state index in [9.17, 15) is 18.0 Å². The fourth-order valence-corrected chi connectivity index (χ4v) is 5.79. The van der Waals surface area contributed by atoms with Crippen LogP contribution < -0.4 is 15.6 Å². The molecule has 1 saturated heterocycles. The smallest absolute Gasteiger partial charge is 0.276 e. The van der Waals surface area contributed by atoms with Crippen molar-refractivity contribution >= 4 is 32.4 Å². The van der Waals surface area contributed by atoms with Gasteiger partial charge < -0.3 is 10.1 Å². The minimum atomic E-state index is -3.71. The molecule has 0 aliphatic carbocycles. The van der Waals surface area contributed by atoms with E-state index in [1.807, 2.05) is 6.92 Å². The number of nitrogens with one attached hydrogen (secondary N) is 1. The molecule has 1 aliphatic rings. The first-order chi connectivity index (χ1) is 16.9. The summed E-state index contributed by atoms with van der Waals surface area (Å²) in [5, 5.41) is 7.94. The van der Waals surface area contributed by atoms with Crippen molar-refractivity contribution in [3.05, 3.63) is 58.5 Å². The number of fused-ring (bicyclic) bond motifs is 1. The van der Waals surface area contributed by atoms with Gasteiger partial charge in [0.1, 0.15) is 5.75 Å². The van der Waals surface area contributed by atoms with Gasteiger partial charge in [-0.05, 0) is 50.5 Å². The van der Waals surface area contributed by atoms with Gasteiger partial charge >= 0.3 is 0 Å². The first-order valence-electron chi connectivity index (χ1n) is 11.9. The second-order valence-corrected chi connectivity index (χ2v) is 10.4. The van der Waals surface area contributed by atoms with Crippen LogP contribution in [0.5, 0.6) is 5.75 Å². The molecule has 0 unspecified atom stereocenters. The van der Waals surface area contributed by atoms with Crippen LogP contribution in [0.2, 0.25) is 0 Å². The van der Waals surface area contributed by atoms with Crippen molar-refractivity contribution in [1.29, 1.82) is 0 Å². The summed E-state index contributed by atoms with van der Waals surface area (Å²) in [5.41, 5.74) is 0.0538. The largest absolute Gasteiger partial charge is 0.492 e. The first kappa shape index (κ1) is 24.9. The molecule has 2 aromatic carbocycles. The lowest BCUT2D eigenvalue weighted by atomic mass is 10.1. The van der Waals surface area contributed by atoms with Gasteiger partial charge in [-0.25, -0.2) is 13.1 Å². The van der Waals surface area contributed by atoms with Crippen LogP contribution in [-0.4, -0.2) is 48.1 Å². The highest BCUT2D eigenvalue weighted by Crippen LogP contribution is 2.31. The maximum Gasteiger partial charge on any atom is 0.276 e. The number of sulfonamides is 1. The molecule has 0 spiro atoms. The molecule has 0 saturated carbocycles. The van der Waals surface area contributed by atoms with Crippen molar-refractivity contribution in [2.45, 2.75) is 51.0 Å². The minimum absolute atomic E-state index is 0.0837. The highest BCUT2D eigenvalue weighted by molar-refractivity contribution is 7.89. The van der Waals surface area contributed by atoms with E-state index in [2.05, 4.69) is 10.4 Å². The molecule has 3 aromatic rings. The van der Waals surface area contributed by atoms with Gasteiger partial charge in [-0.2, -0.15) is 9.40 Å². The topological polar surface area (TPSA) is 111 Å². The minimum Gasteiger partial charge on any atom is -0.492 e. The number of ether oxygens (including phenoxy) is 1. The SMILES string of the molecule is CCCn1nc(C(=O)Nc2cc(S(=O)(=O)N3CCCCC3)ccc2OCC)c2ccccc2c1=O. The van der Waals surface area contributed by atoms with Gasteiger partial charge in [-0.15, -0.1) is 0 Å². The van der Waals surface area contributed by atoms with Crippen molar-refractivity contribution in [1.82, 2.24) is 14.1 Å². The van der Waals surface area contributed by atoms with Crippen molar-refractivity contribution < 1.29 is 17.9 Å². The molecule has 1 fully saturated rings. The monoisotopic (exact) mass is 498 g/mol. The summed E-state index contributed by atoms with van der Waals surface area (Å²) in [7, 11) is -3.71. The Balaban J connectivity index is 1.75. The quantitative estimate of drug-likeness (QED) is 0.508. The van der Waals surface area contributed by atoms with Gasteiger partial charge in [0.15, 0.2) is 5.69 Å². The Kier molecular flexibility index (Phi) is 7.51. The van der Waals surface area contributed by atoms with E-state index in [1.165, 1.54) is 21.1 Å². The molecule has 186 valence electrons. The Bertz CT molecular complexity index is 1390. The van der Waals surface area contributed by atoms with Crippen LogP contribution in [0.25, 0.3) is 10.8 Å². The van der Waals surface area contributed by atoms with Crippen LogP contribution in [-0.2, 0) is 16.6 Å². The third-order valence-corrected chi connectivity index (χ3v) is 7.86. The van der Waals surface area contributed by atoms with Gasteiger partial charge in [-0.1, -0.05) is 31.5 Å². The maximum absolute atomic E-state index is 13.4. The zero-order chi connectivity index (χ0) is 25.0. The number of nitrogens with zero attached hydrogens (tertiary/aromatic N) is 3. The van der Waals surface area contributed by atoms with E-state index < -0.39 is 15.9 Å². The van der Waals surface area contributed by atoms with Gasteiger partial charge in [0.2, 0.25) is 10.0 Å². The van der Waals surface area contributed by atoms with E-state index in [1.54, 1.807) is 37.3 Å². The lowest BCUT2D eigenvalue weighted by molar-refractivity contribution is 0.102. The second kappa shape index (κ2) is 10.6. The van der Waals surface area contributed by atoms with Crippen LogP contribution in [0.4, 0.5) is 5.69 Å². The summed E-state index contributed by atoms with van der Waals surface area (Å²) in [4.78, 5) is 26.3. The molecule has 0 radical (unpaired) electrons. The third kappa shape index (κ3) is 5.08. The van der Waals surface area contributed by atoms with Crippen LogP contribution in [0.3, 0.4) is 0 Å². The van der Waals surface area contributed by atoms with Crippen LogP contribution in [0.15, 0.2) is 52.2 Å². The van der Waals surface area contributed by atoms with E-state index in [0.29, 0.717) is 49.2 Å². The Morgan fingerprint density at radius 1 is 1.06 bits per heavy atom. The molecule has 1 aliphatic heterocycles. The van der Waals surface area contributed by atoms with Crippen molar-refractivity contribution in [3.63, 3.8) is 0 Å². The molecule has 9 nitrogen and oxygen atoms in total. The highest BCUT2D eigenvalue weighted by Gasteiger charge is 2.27. The molecule has 1 amide bonds. The fraction of sp³-hybridized carbons (Fsp3) is 0.400. The van der Waals surface area contributed by atoms with Gasteiger partial charge in [0.25, 0.3) is 11.5 Å². The summed E-state index contributed by atoms with van der Waals surface area (Å²) in [6, 6.07) is 11.3. The van der Waals surface area contributed by atoms with E-state index in [4.69, 9.17) is 4.74 Å². The second-order valence-electron chi connectivity index (χ2n) is 8.43. The Morgan fingerprint density at radius 3 is 2.46 bits per heavy atom. The number of carbonyl (C=O) groups excluding carboxylic acids is 1. The number of aromatic nitrogens is 2. The van der Waals surface area contributed by atoms with Crippen molar-refractivity contribution in [2.24, 2.45) is 0 Å². The average molecular weight is 499 g/mol. The maximum atomic E-state index is 13.4. The summed E-state index contributed by atoms with van der Waals surface area (Å²) in [6.45, 7) is 5.39. The standard InChI is InChI=1S/C25H30N4O5S/c1-3-14-29-25(31)20-11-7-6-10-19(20)23(27-29)24(30)26-21-17-18(12-13-22(21)34-4-2)35(32,33)28-15-8-5-9-16-28/h6-7,10-13,17H,3-5,8-9,14-16H2,1-2H3,(H,26,30). The average Bonchev–Trinajstić information content (AvgIpc) is 2.87. The predicted molar refractivity (Wildman–Crippen MR) is 134 cm³/mol. The Hall–Kier alpha value is -3.24. The zero-order valence-corrected chi connectivity index (χ0v) is 20.8. The number of benzene rings is 2. The van der Waals surface area contributed by atoms with E-state index in [-0.39, 0.29) is 21.8 Å². The number of amides is 1. The zero-order valence-electron chi connectivity index (χ0n) is 20.0. The highest BCUT2D eigenvalue weighted by atomic mass is 32.2. The van der Waals surface area contributed by atoms with E-state index >= 15 is 0 Å². The Morgan fingerprint density at radius 2 is 1.77 bits per heavy atom. The van der Waals surface area contributed by atoms with Crippen molar-refractivity contribution in [3.8, 4) is 5.75 Å². The molecule has 1 aromatic heterocycles. The van der Waals surface area contributed by atoms with Gasteiger partial charge in [0, 0.05) is 25.0 Å². The summed E-state index contributed by atoms with van der Waals surface area (Å²) < 4.78 is 34.9. The molecule has 2 heterocycles. The molecule has 4 rings (SSSR count). The normalized spacial score (nSPS) is 14.7. The molecule has 35 heavy (non-hydrogen) atoms. The van der Waals surface area contributed by atoms with Crippen LogP contribution >= 0.6 is 0 Å². The number of anilines is 1. The lowest BCUT2D eigenvalue weighted by Crippen LogP contribution is -2.35. The first-order valence-corrected chi connectivity index (χ1v) is 13.4.